The van der Waals surface area contributed by atoms with Gasteiger partial charge in [-0.1, -0.05) is 0 Å². The topological polar surface area (TPSA) is 52.8 Å². The van der Waals surface area contributed by atoms with Crippen LogP contribution in [0.1, 0.15) is 28.5 Å². The van der Waals surface area contributed by atoms with Crippen LogP contribution >= 0.6 is 12.0 Å². The van der Waals surface area contributed by atoms with Crippen LogP contribution in [0.2, 0.25) is 0 Å². The molecule has 5 nitrogen and oxygen atoms in total. The molecule has 3 heterocycles. The van der Waals surface area contributed by atoms with E-state index in [2.05, 4.69) is 4.98 Å². The maximum Gasteiger partial charge on any atom is 0.340 e. The molecule has 3 aromatic heterocycles. The Balaban J connectivity index is 2.14. The van der Waals surface area contributed by atoms with Crippen LogP contribution in [0, 0.1) is 6.92 Å². The highest BCUT2D eigenvalue weighted by Crippen LogP contribution is 2.29. The molecule has 0 aliphatic heterocycles. The Bertz CT molecular complexity index is 888. The Morgan fingerprint density at radius 1 is 1.28 bits per heavy atom. The van der Waals surface area contributed by atoms with Crippen molar-refractivity contribution in [2.75, 3.05) is 12.9 Å². The van der Waals surface area contributed by atoms with Crippen LogP contribution in [-0.2, 0) is 15.5 Å². The summed E-state index contributed by atoms with van der Waals surface area (Å²) in [5.41, 5.74) is 5.10. The minimum atomic E-state index is -0.330. The van der Waals surface area contributed by atoms with Gasteiger partial charge in [0.05, 0.1) is 24.5 Å². The first-order valence-electron chi connectivity index (χ1n) is 8.03. The summed E-state index contributed by atoms with van der Waals surface area (Å²) >= 11 is 1.33. The number of fused-ring (bicyclic) bond motifs is 1. The van der Waals surface area contributed by atoms with Crippen molar-refractivity contribution in [3.63, 3.8) is 0 Å². The van der Waals surface area contributed by atoms with E-state index < -0.39 is 0 Å². The van der Waals surface area contributed by atoms with Gasteiger partial charge in [0.2, 0.25) is 0 Å². The van der Waals surface area contributed by atoms with Gasteiger partial charge in [0.15, 0.2) is 0 Å². The van der Waals surface area contributed by atoms with Gasteiger partial charge in [-0.25, -0.2) is 4.79 Å². The first-order chi connectivity index (χ1) is 12.1. The van der Waals surface area contributed by atoms with Gasteiger partial charge in [-0.05, 0) is 61.8 Å². The Hall–Kier alpha value is -2.31. The van der Waals surface area contributed by atoms with Crippen molar-refractivity contribution in [2.45, 2.75) is 20.5 Å². The molecule has 0 radical (unpaired) electrons. The van der Waals surface area contributed by atoms with Crippen LogP contribution in [0.5, 0.6) is 0 Å². The number of hydrogen-bond donors (Lipinski definition) is 0. The number of aromatic nitrogens is 2. The van der Waals surface area contributed by atoms with Gasteiger partial charge in [-0.3, -0.25) is 4.98 Å². The van der Waals surface area contributed by atoms with Gasteiger partial charge < -0.3 is 13.3 Å². The molecule has 25 heavy (non-hydrogen) atoms. The zero-order chi connectivity index (χ0) is 17.8. The van der Waals surface area contributed by atoms with Crippen LogP contribution in [-0.4, -0.2) is 28.2 Å². The third kappa shape index (κ3) is 3.70. The van der Waals surface area contributed by atoms with Gasteiger partial charge in [-0.2, -0.15) is 0 Å². The minimum absolute atomic E-state index is 0.330. The summed E-state index contributed by atoms with van der Waals surface area (Å²) in [4.78, 5) is 16.8. The number of esters is 1. The molecule has 0 atom stereocenters. The lowest BCUT2D eigenvalue weighted by Gasteiger charge is -2.08. The number of aryl methyl sites for hydroxylation is 1. The Morgan fingerprint density at radius 3 is 2.80 bits per heavy atom. The first-order valence-corrected chi connectivity index (χ1v) is 9.18. The molecule has 3 rings (SSSR count). The zero-order valence-corrected chi connectivity index (χ0v) is 15.3. The summed E-state index contributed by atoms with van der Waals surface area (Å²) < 4.78 is 12.6. The van der Waals surface area contributed by atoms with Gasteiger partial charge in [0.1, 0.15) is 0 Å². The van der Waals surface area contributed by atoms with Crippen molar-refractivity contribution in [2.24, 2.45) is 0 Å². The number of carbonyl (C=O) groups is 1. The molecule has 0 fully saturated rings. The van der Waals surface area contributed by atoms with E-state index in [1.54, 1.807) is 13.1 Å². The fourth-order valence-corrected chi connectivity index (χ4v) is 2.96. The standard InChI is InChI=1S/C19H20N2O3S/c1-4-23-19(22)17-10-16-9-14(12-24-25-3)7-8-21(16)18(17)15-6-5-13(2)20-11-15/h5-11H,4,12H2,1-3H3. The van der Waals surface area contributed by atoms with Gasteiger partial charge in [0, 0.05) is 35.4 Å². The number of ether oxygens (including phenoxy) is 1. The van der Waals surface area contributed by atoms with E-state index in [9.17, 15) is 4.79 Å². The van der Waals surface area contributed by atoms with E-state index in [4.69, 9.17) is 8.92 Å². The monoisotopic (exact) mass is 356 g/mol. The molecule has 0 aliphatic rings. The highest BCUT2D eigenvalue weighted by atomic mass is 32.2. The zero-order valence-electron chi connectivity index (χ0n) is 14.5. The SMILES string of the molecule is CCOC(=O)c1cc2cc(COSC)ccn2c1-c1ccc(C)nc1. The van der Waals surface area contributed by atoms with E-state index >= 15 is 0 Å². The summed E-state index contributed by atoms with van der Waals surface area (Å²) in [5, 5.41) is 0. The summed E-state index contributed by atoms with van der Waals surface area (Å²) in [7, 11) is 0. The second-order valence-corrected chi connectivity index (χ2v) is 6.14. The van der Waals surface area contributed by atoms with Crippen LogP contribution < -0.4 is 0 Å². The molecule has 0 amide bonds. The molecule has 0 saturated heterocycles. The molecule has 0 bridgehead atoms. The number of hydrogen-bond acceptors (Lipinski definition) is 5. The molecule has 0 aliphatic carbocycles. The van der Waals surface area contributed by atoms with Crippen LogP contribution in [0.15, 0.2) is 42.7 Å². The second kappa shape index (κ2) is 7.72. The van der Waals surface area contributed by atoms with E-state index in [1.807, 2.05) is 54.1 Å². The van der Waals surface area contributed by atoms with Crippen molar-refractivity contribution in [3.05, 3.63) is 59.5 Å². The predicted octanol–water partition coefficient (Wildman–Crippen LogP) is 4.28. The molecule has 0 spiro atoms. The molecular weight excluding hydrogens is 336 g/mol. The fourth-order valence-electron chi connectivity index (χ4n) is 2.71. The summed E-state index contributed by atoms with van der Waals surface area (Å²) in [5.74, 6) is -0.330. The lowest BCUT2D eigenvalue weighted by molar-refractivity contribution is 0.0527. The van der Waals surface area contributed by atoms with Crippen LogP contribution in [0.4, 0.5) is 0 Å². The molecule has 0 unspecified atom stereocenters. The average molecular weight is 356 g/mol. The lowest BCUT2D eigenvalue weighted by Crippen LogP contribution is -2.05. The maximum atomic E-state index is 12.4. The van der Waals surface area contributed by atoms with E-state index in [0.29, 0.717) is 18.8 Å². The van der Waals surface area contributed by atoms with Crippen molar-refractivity contribution >= 4 is 23.5 Å². The summed E-state index contributed by atoms with van der Waals surface area (Å²) in [6.45, 7) is 4.59. The number of rotatable bonds is 6. The van der Waals surface area contributed by atoms with E-state index in [-0.39, 0.29) is 5.97 Å². The van der Waals surface area contributed by atoms with Crippen molar-refractivity contribution < 1.29 is 13.7 Å². The normalized spacial score (nSPS) is 11.0. The molecule has 130 valence electrons. The van der Waals surface area contributed by atoms with Gasteiger partial charge in [-0.15, -0.1) is 0 Å². The Labute approximate surface area is 151 Å². The molecule has 6 heteroatoms. The first kappa shape index (κ1) is 17.5. The maximum absolute atomic E-state index is 12.4. The van der Waals surface area contributed by atoms with Crippen LogP contribution in [0.25, 0.3) is 16.8 Å². The lowest BCUT2D eigenvalue weighted by atomic mass is 10.1. The number of carbonyl (C=O) groups excluding carboxylic acids is 1. The van der Waals surface area contributed by atoms with E-state index in [0.717, 1.165) is 28.0 Å². The average Bonchev–Trinajstić information content (AvgIpc) is 2.99. The molecule has 0 saturated carbocycles. The van der Waals surface area contributed by atoms with Gasteiger partial charge in [0.25, 0.3) is 0 Å². The molecular formula is C19H20N2O3S. The Kier molecular flexibility index (Phi) is 5.40. The summed E-state index contributed by atoms with van der Waals surface area (Å²) in [6.07, 6.45) is 5.62. The second-order valence-electron chi connectivity index (χ2n) is 5.57. The Morgan fingerprint density at radius 2 is 2.12 bits per heavy atom. The predicted molar refractivity (Wildman–Crippen MR) is 99.6 cm³/mol. The molecule has 3 aromatic rings. The third-order valence-electron chi connectivity index (χ3n) is 3.86. The molecule has 0 aromatic carbocycles. The van der Waals surface area contributed by atoms with Crippen LogP contribution in [0.3, 0.4) is 0 Å². The smallest absolute Gasteiger partial charge is 0.340 e. The van der Waals surface area contributed by atoms with Crippen molar-refractivity contribution in [3.8, 4) is 11.3 Å². The van der Waals surface area contributed by atoms with Crippen molar-refractivity contribution in [1.29, 1.82) is 0 Å². The number of nitrogens with zero attached hydrogens (tertiary/aromatic N) is 2. The highest BCUT2D eigenvalue weighted by molar-refractivity contribution is 7.93. The third-order valence-corrected chi connectivity index (χ3v) is 4.21. The quantitative estimate of drug-likeness (QED) is 0.487. The van der Waals surface area contributed by atoms with E-state index in [1.165, 1.54) is 12.0 Å². The number of pyridine rings is 2. The van der Waals surface area contributed by atoms with Crippen molar-refractivity contribution in [1.82, 2.24) is 9.38 Å². The summed E-state index contributed by atoms with van der Waals surface area (Å²) in [6, 6.07) is 9.77. The highest BCUT2D eigenvalue weighted by Gasteiger charge is 2.19. The largest absolute Gasteiger partial charge is 0.462 e. The fraction of sp³-hybridized carbons (Fsp3) is 0.263. The van der Waals surface area contributed by atoms with Gasteiger partial charge >= 0.3 is 5.97 Å². The minimum Gasteiger partial charge on any atom is -0.462 e. The molecule has 0 N–H and O–H groups in total.